The lowest BCUT2D eigenvalue weighted by Crippen LogP contribution is -2.35. The fraction of sp³-hybridized carbons (Fsp3) is 0.600. The lowest BCUT2D eigenvalue weighted by Gasteiger charge is -2.28. The number of fused-ring (bicyclic) bond motifs is 1. The molecule has 1 N–H and O–H groups in total. The summed E-state index contributed by atoms with van der Waals surface area (Å²) in [5.74, 6) is 1.67. The zero-order valence-corrected chi connectivity index (χ0v) is 11.2. The first-order valence-electron chi connectivity index (χ1n) is 7.10. The summed E-state index contributed by atoms with van der Waals surface area (Å²) in [7, 11) is 0. The van der Waals surface area contributed by atoms with Crippen LogP contribution >= 0.6 is 0 Å². The van der Waals surface area contributed by atoms with Crippen LogP contribution in [0.2, 0.25) is 0 Å². The van der Waals surface area contributed by atoms with Crippen LogP contribution in [0.1, 0.15) is 31.2 Å². The molecule has 0 saturated heterocycles. The minimum atomic E-state index is 0.223. The van der Waals surface area contributed by atoms with Crippen LogP contribution in [-0.2, 0) is 6.54 Å². The fourth-order valence-corrected chi connectivity index (χ4v) is 3.06. The molecule has 1 aromatic carbocycles. The second kappa shape index (κ2) is 5.80. The van der Waals surface area contributed by atoms with Gasteiger partial charge in [0.2, 0.25) is 6.79 Å². The van der Waals surface area contributed by atoms with Crippen LogP contribution < -0.4 is 9.47 Å². The van der Waals surface area contributed by atoms with Crippen molar-refractivity contribution in [3.8, 4) is 11.5 Å². The van der Waals surface area contributed by atoms with Gasteiger partial charge in [0.1, 0.15) is 0 Å². The normalized spacial score (nSPS) is 18.4. The van der Waals surface area contributed by atoms with E-state index in [1.807, 2.05) is 6.07 Å². The highest BCUT2D eigenvalue weighted by molar-refractivity contribution is 5.44. The second-order valence-electron chi connectivity index (χ2n) is 5.32. The number of rotatable bonds is 5. The maximum absolute atomic E-state index is 9.24. The molecule has 1 aliphatic heterocycles. The van der Waals surface area contributed by atoms with Crippen LogP contribution in [0.25, 0.3) is 0 Å². The molecular weight excluding hydrogens is 242 g/mol. The fourth-order valence-electron chi connectivity index (χ4n) is 3.06. The Bertz CT molecular complexity index is 429. The number of nitrogens with zero attached hydrogens (tertiary/aromatic N) is 1. The first-order valence-corrected chi connectivity index (χ1v) is 7.10. The molecule has 0 unspecified atom stereocenters. The Morgan fingerprint density at radius 1 is 1.16 bits per heavy atom. The van der Waals surface area contributed by atoms with Gasteiger partial charge in [0.15, 0.2) is 11.5 Å². The number of hydrogen-bond donors (Lipinski definition) is 1. The summed E-state index contributed by atoms with van der Waals surface area (Å²) < 4.78 is 10.7. The molecule has 4 heteroatoms. The lowest BCUT2D eigenvalue weighted by atomic mass is 10.1. The zero-order valence-electron chi connectivity index (χ0n) is 11.2. The average molecular weight is 263 g/mol. The molecule has 1 aliphatic carbocycles. The minimum absolute atomic E-state index is 0.223. The quantitative estimate of drug-likeness (QED) is 0.884. The third kappa shape index (κ3) is 2.85. The van der Waals surface area contributed by atoms with Crippen LogP contribution in [0, 0.1) is 0 Å². The predicted octanol–water partition coefficient (Wildman–Crippen LogP) is 2.15. The highest BCUT2D eigenvalue weighted by Gasteiger charge is 2.23. The van der Waals surface area contributed by atoms with Crippen molar-refractivity contribution in [2.24, 2.45) is 0 Å². The molecule has 0 aromatic heterocycles. The zero-order chi connectivity index (χ0) is 13.1. The van der Waals surface area contributed by atoms with Crippen LogP contribution in [-0.4, -0.2) is 36.0 Å². The molecule has 0 radical (unpaired) electrons. The molecule has 1 aromatic rings. The van der Waals surface area contributed by atoms with Gasteiger partial charge in [-0.1, -0.05) is 18.9 Å². The van der Waals surface area contributed by atoms with E-state index in [0.717, 1.165) is 24.6 Å². The molecule has 1 saturated carbocycles. The molecule has 19 heavy (non-hydrogen) atoms. The van der Waals surface area contributed by atoms with Crippen molar-refractivity contribution in [1.29, 1.82) is 0 Å². The summed E-state index contributed by atoms with van der Waals surface area (Å²) >= 11 is 0. The van der Waals surface area contributed by atoms with E-state index in [4.69, 9.17) is 9.47 Å². The monoisotopic (exact) mass is 263 g/mol. The Morgan fingerprint density at radius 2 is 1.95 bits per heavy atom. The molecule has 1 fully saturated rings. The minimum Gasteiger partial charge on any atom is -0.454 e. The smallest absolute Gasteiger partial charge is 0.231 e. The topological polar surface area (TPSA) is 41.9 Å². The summed E-state index contributed by atoms with van der Waals surface area (Å²) in [6.45, 7) is 2.17. The Hall–Kier alpha value is -1.26. The van der Waals surface area contributed by atoms with Crippen molar-refractivity contribution < 1.29 is 14.6 Å². The van der Waals surface area contributed by atoms with Gasteiger partial charge in [-0.05, 0) is 30.5 Å². The van der Waals surface area contributed by atoms with E-state index in [0.29, 0.717) is 12.8 Å². The van der Waals surface area contributed by atoms with Crippen molar-refractivity contribution in [2.45, 2.75) is 38.3 Å². The molecule has 0 spiro atoms. The van der Waals surface area contributed by atoms with Gasteiger partial charge in [0, 0.05) is 19.1 Å². The Labute approximate surface area is 113 Å². The molecule has 0 amide bonds. The van der Waals surface area contributed by atoms with Crippen LogP contribution in [0.15, 0.2) is 18.2 Å². The number of benzene rings is 1. The number of hydrogen-bond acceptors (Lipinski definition) is 4. The van der Waals surface area contributed by atoms with Crippen molar-refractivity contribution in [3.05, 3.63) is 23.8 Å². The van der Waals surface area contributed by atoms with Crippen molar-refractivity contribution in [3.63, 3.8) is 0 Å². The first kappa shape index (κ1) is 12.8. The summed E-state index contributed by atoms with van der Waals surface area (Å²) in [4.78, 5) is 2.39. The van der Waals surface area contributed by atoms with Crippen LogP contribution in [0.3, 0.4) is 0 Å². The summed E-state index contributed by atoms with van der Waals surface area (Å²) in [6, 6.07) is 6.75. The Morgan fingerprint density at radius 3 is 2.74 bits per heavy atom. The van der Waals surface area contributed by atoms with Gasteiger partial charge < -0.3 is 14.6 Å². The summed E-state index contributed by atoms with van der Waals surface area (Å²) in [6.07, 6.45) is 5.14. The van der Waals surface area contributed by atoms with Crippen LogP contribution in [0.4, 0.5) is 0 Å². The van der Waals surface area contributed by atoms with Gasteiger partial charge in [-0.3, -0.25) is 4.90 Å². The molecule has 0 bridgehead atoms. The number of aliphatic hydroxyl groups is 1. The van der Waals surface area contributed by atoms with Gasteiger partial charge in [-0.25, -0.2) is 0 Å². The highest BCUT2D eigenvalue weighted by atomic mass is 16.7. The highest BCUT2D eigenvalue weighted by Crippen LogP contribution is 2.33. The van der Waals surface area contributed by atoms with E-state index in [9.17, 15) is 5.11 Å². The van der Waals surface area contributed by atoms with Gasteiger partial charge >= 0.3 is 0 Å². The van der Waals surface area contributed by atoms with E-state index in [2.05, 4.69) is 17.0 Å². The molecule has 0 atom stereocenters. The molecule has 4 nitrogen and oxygen atoms in total. The first-order chi connectivity index (χ1) is 9.36. The Kier molecular flexibility index (Phi) is 3.89. The second-order valence-corrected chi connectivity index (χ2v) is 5.32. The number of aliphatic hydroxyl groups excluding tert-OH is 1. The maximum atomic E-state index is 9.24. The van der Waals surface area contributed by atoms with E-state index >= 15 is 0 Å². The van der Waals surface area contributed by atoms with Crippen molar-refractivity contribution in [1.82, 2.24) is 4.90 Å². The third-order valence-electron chi connectivity index (χ3n) is 4.05. The van der Waals surface area contributed by atoms with E-state index in [-0.39, 0.29) is 6.61 Å². The van der Waals surface area contributed by atoms with Gasteiger partial charge in [-0.2, -0.15) is 0 Å². The summed E-state index contributed by atoms with van der Waals surface area (Å²) in [5.41, 5.74) is 1.23. The SMILES string of the molecule is OCCN(Cc1ccc2c(c1)OCO2)C1CCCC1. The van der Waals surface area contributed by atoms with Crippen LogP contribution in [0.5, 0.6) is 11.5 Å². The maximum Gasteiger partial charge on any atom is 0.231 e. The van der Waals surface area contributed by atoms with E-state index < -0.39 is 0 Å². The third-order valence-corrected chi connectivity index (χ3v) is 4.05. The molecule has 1 heterocycles. The average Bonchev–Trinajstić information content (AvgIpc) is 3.09. The number of ether oxygens (including phenoxy) is 2. The summed E-state index contributed by atoms with van der Waals surface area (Å²) in [5, 5.41) is 9.24. The van der Waals surface area contributed by atoms with Crippen molar-refractivity contribution in [2.75, 3.05) is 19.9 Å². The van der Waals surface area contributed by atoms with E-state index in [1.54, 1.807) is 0 Å². The van der Waals surface area contributed by atoms with Crippen molar-refractivity contribution >= 4 is 0 Å². The lowest BCUT2D eigenvalue weighted by molar-refractivity contribution is 0.144. The molecule has 2 aliphatic rings. The van der Waals surface area contributed by atoms with E-state index in [1.165, 1.54) is 31.2 Å². The molecule has 3 rings (SSSR count). The predicted molar refractivity (Wildman–Crippen MR) is 72.3 cm³/mol. The Balaban J connectivity index is 1.70. The van der Waals surface area contributed by atoms with Gasteiger partial charge in [0.05, 0.1) is 6.61 Å². The molecule has 104 valence electrons. The van der Waals surface area contributed by atoms with Gasteiger partial charge in [0.25, 0.3) is 0 Å². The van der Waals surface area contributed by atoms with Gasteiger partial charge in [-0.15, -0.1) is 0 Å². The largest absolute Gasteiger partial charge is 0.454 e. The standard InChI is InChI=1S/C15H21NO3/c17-8-7-16(13-3-1-2-4-13)10-12-5-6-14-15(9-12)19-11-18-14/h5-6,9,13,17H,1-4,7-8,10-11H2. The molecular formula is C15H21NO3.